The molecule has 142 valence electrons. The van der Waals surface area contributed by atoms with E-state index in [0.29, 0.717) is 17.0 Å². The Kier molecular flexibility index (Phi) is 5.50. The Hall–Kier alpha value is -3.94. The molecule has 1 heterocycles. The number of nitrogens with zero attached hydrogens (tertiary/aromatic N) is 1. The van der Waals surface area contributed by atoms with E-state index >= 15 is 0 Å². The molecule has 0 aliphatic carbocycles. The number of carbonyl (C=O) groups is 3. The first-order valence-electron chi connectivity index (χ1n) is 8.31. The van der Waals surface area contributed by atoms with Crippen LogP contribution in [0.4, 0.5) is 11.5 Å². The summed E-state index contributed by atoms with van der Waals surface area (Å²) in [5.74, 6) is -0.489. The van der Waals surface area contributed by atoms with E-state index in [1.165, 1.54) is 19.2 Å². The maximum absolute atomic E-state index is 12.5. The molecular formula is C20H17N3O5. The molecule has 8 heteroatoms. The van der Waals surface area contributed by atoms with Gasteiger partial charge in [0.1, 0.15) is 5.76 Å². The average molecular weight is 379 g/mol. The lowest BCUT2D eigenvalue weighted by atomic mass is 10.1. The summed E-state index contributed by atoms with van der Waals surface area (Å²) in [7, 11) is 1.28. The largest absolute Gasteiger partial charge is 0.465 e. The van der Waals surface area contributed by atoms with E-state index in [-0.39, 0.29) is 16.9 Å². The first kappa shape index (κ1) is 18.8. The smallest absolute Gasteiger partial charge is 0.337 e. The molecule has 3 aromatic rings. The highest BCUT2D eigenvalue weighted by Gasteiger charge is 2.13. The van der Waals surface area contributed by atoms with Gasteiger partial charge in [-0.05, 0) is 43.3 Å². The van der Waals surface area contributed by atoms with Crippen molar-refractivity contribution in [2.45, 2.75) is 6.92 Å². The third-order valence-electron chi connectivity index (χ3n) is 3.80. The molecule has 0 unspecified atom stereocenters. The second-order valence-corrected chi connectivity index (χ2v) is 5.88. The Morgan fingerprint density at radius 2 is 1.54 bits per heavy atom. The van der Waals surface area contributed by atoms with Gasteiger partial charge < -0.3 is 19.9 Å². The summed E-state index contributed by atoms with van der Waals surface area (Å²) in [5.41, 5.74) is 1.32. The van der Waals surface area contributed by atoms with Gasteiger partial charge in [-0.3, -0.25) is 9.59 Å². The molecule has 2 N–H and O–H groups in total. The molecule has 8 nitrogen and oxygen atoms in total. The fourth-order valence-electron chi connectivity index (χ4n) is 2.46. The molecule has 2 aromatic carbocycles. The summed E-state index contributed by atoms with van der Waals surface area (Å²) in [6, 6.07) is 14.2. The van der Waals surface area contributed by atoms with Crippen LogP contribution in [0.3, 0.4) is 0 Å². The predicted octanol–water partition coefficient (Wildman–Crippen LogP) is 3.27. The number of amides is 2. The normalized spacial score (nSPS) is 10.2. The second-order valence-electron chi connectivity index (χ2n) is 5.88. The zero-order valence-corrected chi connectivity index (χ0v) is 15.2. The van der Waals surface area contributed by atoms with Gasteiger partial charge in [0, 0.05) is 22.9 Å². The van der Waals surface area contributed by atoms with Crippen molar-refractivity contribution in [1.82, 2.24) is 5.16 Å². The van der Waals surface area contributed by atoms with Crippen molar-refractivity contribution in [1.29, 1.82) is 0 Å². The van der Waals surface area contributed by atoms with Crippen LogP contribution in [-0.4, -0.2) is 30.1 Å². The first-order valence-corrected chi connectivity index (χ1v) is 8.31. The van der Waals surface area contributed by atoms with E-state index in [9.17, 15) is 14.4 Å². The van der Waals surface area contributed by atoms with Gasteiger partial charge in [0.15, 0.2) is 5.82 Å². The molecule has 0 radical (unpaired) electrons. The van der Waals surface area contributed by atoms with Crippen LogP contribution in [0.15, 0.2) is 59.1 Å². The standard InChI is InChI=1S/C20H17N3O5/c1-12-9-17(23-28-12)22-19(25)14-6-3-5-13(10-14)18(24)21-16-8-4-7-15(11-16)20(26)27-2/h3-11H,1-2H3,(H,21,24)(H,22,23,25). The zero-order valence-electron chi connectivity index (χ0n) is 15.2. The van der Waals surface area contributed by atoms with Crippen LogP contribution in [-0.2, 0) is 4.74 Å². The molecule has 3 rings (SSSR count). The van der Waals surface area contributed by atoms with E-state index < -0.39 is 17.8 Å². The monoisotopic (exact) mass is 379 g/mol. The summed E-state index contributed by atoms with van der Waals surface area (Å²) in [5, 5.41) is 8.99. The van der Waals surface area contributed by atoms with Gasteiger partial charge in [0.2, 0.25) is 0 Å². The highest BCUT2D eigenvalue weighted by molar-refractivity contribution is 6.08. The third kappa shape index (κ3) is 4.42. The minimum Gasteiger partial charge on any atom is -0.465 e. The van der Waals surface area contributed by atoms with Gasteiger partial charge in [-0.15, -0.1) is 0 Å². The number of benzene rings is 2. The number of esters is 1. The number of carbonyl (C=O) groups excluding carboxylic acids is 3. The van der Waals surface area contributed by atoms with Crippen molar-refractivity contribution in [2.24, 2.45) is 0 Å². The molecule has 2 amide bonds. The lowest BCUT2D eigenvalue weighted by molar-refractivity contribution is 0.0600. The Bertz CT molecular complexity index is 1040. The van der Waals surface area contributed by atoms with Crippen molar-refractivity contribution in [2.75, 3.05) is 17.7 Å². The molecule has 0 bridgehead atoms. The maximum Gasteiger partial charge on any atom is 0.337 e. The minimum absolute atomic E-state index is 0.285. The number of methoxy groups -OCH3 is 1. The number of nitrogens with one attached hydrogen (secondary N) is 2. The van der Waals surface area contributed by atoms with Gasteiger partial charge in [-0.1, -0.05) is 17.3 Å². The average Bonchev–Trinajstić information content (AvgIpc) is 3.12. The highest BCUT2D eigenvalue weighted by atomic mass is 16.5. The minimum atomic E-state index is -0.502. The van der Waals surface area contributed by atoms with Crippen molar-refractivity contribution < 1.29 is 23.6 Å². The molecule has 0 aliphatic heterocycles. The lowest BCUT2D eigenvalue weighted by Crippen LogP contribution is -2.16. The molecular weight excluding hydrogens is 362 g/mol. The predicted molar refractivity (Wildman–Crippen MR) is 101 cm³/mol. The summed E-state index contributed by atoms with van der Waals surface area (Å²) >= 11 is 0. The summed E-state index contributed by atoms with van der Waals surface area (Å²) in [4.78, 5) is 36.4. The molecule has 0 saturated heterocycles. The number of hydrogen-bond donors (Lipinski definition) is 2. The Morgan fingerprint density at radius 3 is 2.18 bits per heavy atom. The van der Waals surface area contributed by atoms with Crippen LogP contribution in [0.1, 0.15) is 36.8 Å². The van der Waals surface area contributed by atoms with Crippen molar-refractivity contribution in [3.63, 3.8) is 0 Å². The van der Waals surface area contributed by atoms with E-state index in [1.807, 2.05) is 0 Å². The molecule has 0 atom stereocenters. The summed E-state index contributed by atoms with van der Waals surface area (Å²) in [6.45, 7) is 1.71. The topological polar surface area (TPSA) is 111 Å². The van der Waals surface area contributed by atoms with Crippen LogP contribution in [0, 0.1) is 6.92 Å². The van der Waals surface area contributed by atoms with Crippen LogP contribution in [0.5, 0.6) is 0 Å². The Balaban J connectivity index is 1.73. The summed E-state index contributed by atoms with van der Waals surface area (Å²) < 4.78 is 9.57. The van der Waals surface area contributed by atoms with Gasteiger partial charge in [0.05, 0.1) is 12.7 Å². The van der Waals surface area contributed by atoms with Crippen molar-refractivity contribution in [3.8, 4) is 0 Å². The van der Waals surface area contributed by atoms with Crippen LogP contribution >= 0.6 is 0 Å². The number of aryl methyl sites for hydroxylation is 1. The number of aromatic nitrogens is 1. The number of anilines is 2. The fraction of sp³-hybridized carbons (Fsp3) is 0.100. The van der Waals surface area contributed by atoms with E-state index in [0.717, 1.165) is 0 Å². The Labute approximate surface area is 160 Å². The number of rotatable bonds is 5. The lowest BCUT2D eigenvalue weighted by Gasteiger charge is -2.08. The second kappa shape index (κ2) is 8.17. The van der Waals surface area contributed by atoms with Crippen LogP contribution < -0.4 is 10.6 Å². The number of hydrogen-bond acceptors (Lipinski definition) is 6. The molecule has 0 spiro atoms. The van der Waals surface area contributed by atoms with Gasteiger partial charge in [-0.2, -0.15) is 0 Å². The maximum atomic E-state index is 12.5. The zero-order chi connectivity index (χ0) is 20.1. The quantitative estimate of drug-likeness (QED) is 0.658. The fourth-order valence-corrected chi connectivity index (χ4v) is 2.46. The van der Waals surface area contributed by atoms with Gasteiger partial charge >= 0.3 is 5.97 Å². The molecule has 0 fully saturated rings. The van der Waals surface area contributed by atoms with Crippen molar-refractivity contribution >= 4 is 29.3 Å². The molecule has 1 aromatic heterocycles. The SMILES string of the molecule is COC(=O)c1cccc(NC(=O)c2cccc(C(=O)Nc3cc(C)on3)c2)c1. The van der Waals surface area contributed by atoms with Crippen LogP contribution in [0.25, 0.3) is 0 Å². The Morgan fingerprint density at radius 1 is 0.893 bits per heavy atom. The van der Waals surface area contributed by atoms with E-state index in [1.54, 1.807) is 49.4 Å². The molecule has 28 heavy (non-hydrogen) atoms. The molecule has 0 saturated carbocycles. The first-order chi connectivity index (χ1) is 13.5. The third-order valence-corrected chi connectivity index (χ3v) is 3.80. The van der Waals surface area contributed by atoms with Gasteiger partial charge in [0.25, 0.3) is 11.8 Å². The van der Waals surface area contributed by atoms with Crippen LogP contribution in [0.2, 0.25) is 0 Å². The molecule has 0 aliphatic rings. The number of ether oxygens (including phenoxy) is 1. The highest BCUT2D eigenvalue weighted by Crippen LogP contribution is 2.15. The van der Waals surface area contributed by atoms with Gasteiger partial charge in [-0.25, -0.2) is 4.79 Å². The summed E-state index contributed by atoms with van der Waals surface area (Å²) in [6.07, 6.45) is 0. The van der Waals surface area contributed by atoms with E-state index in [2.05, 4.69) is 20.5 Å². The van der Waals surface area contributed by atoms with Crippen molar-refractivity contribution in [3.05, 3.63) is 77.0 Å². The van der Waals surface area contributed by atoms with E-state index in [4.69, 9.17) is 4.52 Å².